The van der Waals surface area contributed by atoms with Gasteiger partial charge < -0.3 is 24.8 Å². The minimum Gasteiger partial charge on any atom is -0.497 e. The van der Waals surface area contributed by atoms with Crippen LogP contribution < -0.4 is 24.8 Å². The van der Waals surface area contributed by atoms with Gasteiger partial charge in [-0.15, -0.1) is 0 Å². The lowest BCUT2D eigenvalue weighted by atomic mass is 10.1. The van der Waals surface area contributed by atoms with E-state index in [1.807, 2.05) is 24.3 Å². The summed E-state index contributed by atoms with van der Waals surface area (Å²) in [6.45, 7) is 0. The number of rotatable bonds is 6. The lowest BCUT2D eigenvalue weighted by Gasteiger charge is -2.12. The third-order valence-electron chi connectivity index (χ3n) is 3.42. The van der Waals surface area contributed by atoms with Gasteiger partial charge in [-0.2, -0.15) is 0 Å². The van der Waals surface area contributed by atoms with E-state index in [9.17, 15) is 4.79 Å². The average molecular weight is 360 g/mol. The van der Waals surface area contributed by atoms with Gasteiger partial charge in [0.15, 0.2) is 16.6 Å². The van der Waals surface area contributed by atoms with E-state index in [1.165, 1.54) is 0 Å². The third kappa shape index (κ3) is 5.36. The number of amides is 1. The van der Waals surface area contributed by atoms with Crippen molar-refractivity contribution in [3.05, 3.63) is 48.0 Å². The maximum atomic E-state index is 12.1. The number of anilines is 1. The van der Waals surface area contributed by atoms with E-state index in [4.69, 9.17) is 26.4 Å². The van der Waals surface area contributed by atoms with Crippen LogP contribution in [-0.4, -0.2) is 32.3 Å². The monoisotopic (exact) mass is 360 g/mol. The minimum absolute atomic E-state index is 0.205. The molecule has 0 saturated heterocycles. The van der Waals surface area contributed by atoms with Crippen LogP contribution in [0.1, 0.15) is 5.56 Å². The van der Waals surface area contributed by atoms with Gasteiger partial charge in [0, 0.05) is 11.8 Å². The fourth-order valence-electron chi connectivity index (χ4n) is 2.18. The maximum absolute atomic E-state index is 12.1. The van der Waals surface area contributed by atoms with E-state index < -0.39 is 0 Å². The summed E-state index contributed by atoms with van der Waals surface area (Å²) in [7, 11) is 4.71. The van der Waals surface area contributed by atoms with Crippen LogP contribution in [-0.2, 0) is 11.2 Å². The van der Waals surface area contributed by atoms with E-state index in [0.717, 1.165) is 11.3 Å². The minimum atomic E-state index is -0.205. The Bertz CT molecular complexity index is 747. The smallest absolute Gasteiger partial charge is 0.230 e. The van der Waals surface area contributed by atoms with Crippen LogP contribution >= 0.6 is 12.2 Å². The summed E-state index contributed by atoms with van der Waals surface area (Å²) in [5, 5.41) is 5.81. The maximum Gasteiger partial charge on any atom is 0.230 e. The zero-order chi connectivity index (χ0) is 18.2. The van der Waals surface area contributed by atoms with E-state index in [2.05, 4.69) is 10.6 Å². The Morgan fingerprint density at radius 2 is 1.64 bits per heavy atom. The molecular weight excluding hydrogens is 340 g/mol. The molecule has 2 aromatic carbocycles. The molecule has 0 spiro atoms. The molecule has 0 aliphatic heterocycles. The van der Waals surface area contributed by atoms with Gasteiger partial charge in [-0.05, 0) is 42.0 Å². The fourth-order valence-corrected chi connectivity index (χ4v) is 2.41. The summed E-state index contributed by atoms with van der Waals surface area (Å²) in [4.78, 5) is 12.1. The van der Waals surface area contributed by atoms with Crippen molar-refractivity contribution in [3.8, 4) is 17.2 Å². The lowest BCUT2D eigenvalue weighted by Crippen LogP contribution is -2.35. The Morgan fingerprint density at radius 3 is 2.24 bits per heavy atom. The quantitative estimate of drug-likeness (QED) is 0.772. The van der Waals surface area contributed by atoms with Gasteiger partial charge >= 0.3 is 0 Å². The molecule has 0 aliphatic rings. The Labute approximate surface area is 152 Å². The highest BCUT2D eigenvalue weighted by atomic mass is 32.1. The Morgan fingerprint density at radius 1 is 0.960 bits per heavy atom. The number of carbonyl (C=O) groups is 1. The van der Waals surface area contributed by atoms with Crippen molar-refractivity contribution in [1.29, 1.82) is 0 Å². The van der Waals surface area contributed by atoms with Gasteiger partial charge in [0.05, 0.1) is 27.8 Å². The van der Waals surface area contributed by atoms with Crippen molar-refractivity contribution in [2.45, 2.75) is 6.42 Å². The van der Waals surface area contributed by atoms with E-state index in [0.29, 0.717) is 17.2 Å². The van der Waals surface area contributed by atoms with E-state index in [1.54, 1.807) is 39.5 Å². The number of nitrogens with one attached hydrogen (secondary N) is 2. The van der Waals surface area contributed by atoms with Crippen LogP contribution in [0.15, 0.2) is 42.5 Å². The normalized spacial score (nSPS) is 9.88. The number of ether oxygens (including phenoxy) is 3. The second kappa shape index (κ2) is 8.89. The summed E-state index contributed by atoms with van der Waals surface area (Å²) >= 11 is 5.17. The molecule has 2 N–H and O–H groups in total. The first-order valence-electron chi connectivity index (χ1n) is 7.51. The fraction of sp³-hybridized carbons (Fsp3) is 0.222. The number of benzene rings is 2. The van der Waals surface area contributed by atoms with Crippen molar-refractivity contribution in [2.24, 2.45) is 0 Å². The van der Waals surface area contributed by atoms with Gasteiger partial charge in [0.1, 0.15) is 5.75 Å². The molecule has 0 bridgehead atoms. The lowest BCUT2D eigenvalue weighted by molar-refractivity contribution is -0.119. The first kappa shape index (κ1) is 18.5. The molecule has 2 aromatic rings. The van der Waals surface area contributed by atoms with Gasteiger partial charge in [-0.3, -0.25) is 4.79 Å². The first-order valence-corrected chi connectivity index (χ1v) is 7.92. The number of methoxy groups -OCH3 is 3. The zero-order valence-corrected chi connectivity index (χ0v) is 15.1. The standard InChI is InChI=1S/C18H20N2O4S/c1-22-14-7-4-12(5-8-14)10-17(21)20-18(25)19-13-6-9-15(23-2)16(11-13)24-3/h4-9,11H,10H2,1-3H3,(H2,19,20,21,25). The molecule has 0 atom stereocenters. The largest absolute Gasteiger partial charge is 0.497 e. The summed E-state index contributed by atoms with van der Waals surface area (Å²) in [6.07, 6.45) is 0.220. The SMILES string of the molecule is COc1ccc(CC(=O)NC(=S)Nc2ccc(OC)c(OC)c2)cc1. The van der Waals surface area contributed by atoms with Crippen molar-refractivity contribution < 1.29 is 19.0 Å². The zero-order valence-electron chi connectivity index (χ0n) is 14.3. The Hall–Kier alpha value is -2.80. The first-order chi connectivity index (χ1) is 12.0. The molecule has 2 rings (SSSR count). The molecule has 0 aliphatic carbocycles. The molecule has 7 heteroatoms. The molecule has 0 saturated carbocycles. The predicted octanol–water partition coefficient (Wildman–Crippen LogP) is 2.77. The Kier molecular flexibility index (Phi) is 6.59. The van der Waals surface area contributed by atoms with E-state index >= 15 is 0 Å². The molecule has 0 aromatic heterocycles. The van der Waals surface area contributed by atoms with E-state index in [-0.39, 0.29) is 17.4 Å². The van der Waals surface area contributed by atoms with Crippen molar-refractivity contribution in [1.82, 2.24) is 5.32 Å². The van der Waals surface area contributed by atoms with Crippen molar-refractivity contribution in [3.63, 3.8) is 0 Å². The number of hydrogen-bond acceptors (Lipinski definition) is 5. The third-order valence-corrected chi connectivity index (χ3v) is 3.62. The van der Waals surface area contributed by atoms with Crippen molar-refractivity contribution >= 4 is 28.9 Å². The molecule has 0 fully saturated rings. The van der Waals surface area contributed by atoms with Crippen molar-refractivity contribution in [2.75, 3.05) is 26.6 Å². The molecule has 132 valence electrons. The van der Waals surface area contributed by atoms with Crippen LogP contribution in [0.25, 0.3) is 0 Å². The summed E-state index contributed by atoms with van der Waals surface area (Å²) < 4.78 is 15.5. The van der Waals surface area contributed by atoms with Gasteiger partial charge in [0.25, 0.3) is 0 Å². The highest BCUT2D eigenvalue weighted by Crippen LogP contribution is 2.29. The van der Waals surface area contributed by atoms with Crippen LogP contribution in [0.3, 0.4) is 0 Å². The molecule has 1 amide bonds. The second-order valence-electron chi connectivity index (χ2n) is 5.10. The molecular formula is C18H20N2O4S. The summed E-state index contributed by atoms with van der Waals surface area (Å²) in [5.74, 6) is 1.72. The van der Waals surface area contributed by atoms with Crippen LogP contribution in [0.5, 0.6) is 17.2 Å². The van der Waals surface area contributed by atoms with Gasteiger partial charge in [-0.1, -0.05) is 12.1 Å². The van der Waals surface area contributed by atoms with Crippen LogP contribution in [0.4, 0.5) is 5.69 Å². The van der Waals surface area contributed by atoms with Crippen LogP contribution in [0, 0.1) is 0 Å². The highest BCUT2D eigenvalue weighted by Gasteiger charge is 2.09. The molecule has 25 heavy (non-hydrogen) atoms. The molecule has 0 radical (unpaired) electrons. The van der Waals surface area contributed by atoms with Gasteiger partial charge in [-0.25, -0.2) is 0 Å². The highest BCUT2D eigenvalue weighted by molar-refractivity contribution is 7.80. The number of carbonyl (C=O) groups excluding carboxylic acids is 1. The number of thiocarbonyl (C=S) groups is 1. The topological polar surface area (TPSA) is 68.8 Å². The van der Waals surface area contributed by atoms with Gasteiger partial charge in [0.2, 0.25) is 5.91 Å². The molecule has 0 heterocycles. The number of hydrogen-bond donors (Lipinski definition) is 2. The summed E-state index contributed by atoms with van der Waals surface area (Å²) in [6, 6.07) is 12.6. The van der Waals surface area contributed by atoms with Crippen LogP contribution in [0.2, 0.25) is 0 Å². The summed E-state index contributed by atoms with van der Waals surface area (Å²) in [5.41, 5.74) is 1.56. The predicted molar refractivity (Wildman–Crippen MR) is 101 cm³/mol. The molecule has 6 nitrogen and oxygen atoms in total. The second-order valence-corrected chi connectivity index (χ2v) is 5.51. The molecule has 0 unspecified atom stereocenters. The Balaban J connectivity index is 1.91. The average Bonchev–Trinajstić information content (AvgIpc) is 2.62.